The Labute approximate surface area is 79.5 Å². The number of β-amino-alcohol motifs (C(OH)–C–C–N with tert-alkyl or cyclic N) is 1. The molecule has 1 aliphatic heterocycles. The Kier molecular flexibility index (Phi) is 3.32. The predicted octanol–water partition coefficient (Wildman–Crippen LogP) is -0.514. The van der Waals surface area contributed by atoms with Crippen LogP contribution in [-0.2, 0) is 9.84 Å². The maximum atomic E-state index is 11.2. The summed E-state index contributed by atoms with van der Waals surface area (Å²) in [7, 11) is -2.82. The van der Waals surface area contributed by atoms with Gasteiger partial charge in [0.2, 0.25) is 0 Å². The second-order valence-electron chi connectivity index (χ2n) is 3.81. The Balaban J connectivity index is 2.54. The van der Waals surface area contributed by atoms with Gasteiger partial charge in [-0.05, 0) is 13.8 Å². The topological polar surface area (TPSA) is 57.6 Å². The molecule has 1 saturated heterocycles. The minimum Gasteiger partial charge on any atom is -0.392 e. The molecule has 5 heteroatoms. The van der Waals surface area contributed by atoms with Crippen LogP contribution < -0.4 is 0 Å². The van der Waals surface area contributed by atoms with E-state index >= 15 is 0 Å². The van der Waals surface area contributed by atoms with Crippen molar-refractivity contribution < 1.29 is 13.5 Å². The lowest BCUT2D eigenvalue weighted by molar-refractivity contribution is 0.110. The summed E-state index contributed by atoms with van der Waals surface area (Å²) in [5, 5.41) is 9.16. The molecule has 0 bridgehead atoms. The van der Waals surface area contributed by atoms with Crippen molar-refractivity contribution in [3.8, 4) is 0 Å². The molecule has 4 nitrogen and oxygen atoms in total. The fourth-order valence-corrected chi connectivity index (χ4v) is 3.27. The summed E-state index contributed by atoms with van der Waals surface area (Å²) in [5.74, 6) is 0.448. The van der Waals surface area contributed by atoms with Crippen LogP contribution in [-0.4, -0.2) is 55.2 Å². The van der Waals surface area contributed by atoms with Crippen molar-refractivity contribution in [2.24, 2.45) is 0 Å². The van der Waals surface area contributed by atoms with Crippen LogP contribution in [0.4, 0.5) is 0 Å². The fraction of sp³-hybridized carbons (Fsp3) is 1.00. The summed E-state index contributed by atoms with van der Waals surface area (Å²) >= 11 is 0. The third-order valence-electron chi connectivity index (χ3n) is 2.31. The molecule has 78 valence electrons. The molecule has 0 aromatic carbocycles. The molecule has 0 aliphatic carbocycles. The average molecular weight is 207 g/mol. The SMILES string of the molecule is CC1CS(=O)(=O)CCN1C[C@@H](C)O. The quantitative estimate of drug-likeness (QED) is 0.662. The van der Waals surface area contributed by atoms with Crippen molar-refractivity contribution >= 4 is 9.84 Å². The number of hydrogen-bond acceptors (Lipinski definition) is 4. The summed E-state index contributed by atoms with van der Waals surface area (Å²) in [6.45, 7) is 4.72. The number of nitrogens with zero attached hydrogens (tertiary/aromatic N) is 1. The Morgan fingerprint density at radius 2 is 2.23 bits per heavy atom. The van der Waals surface area contributed by atoms with Crippen LogP contribution in [0.5, 0.6) is 0 Å². The van der Waals surface area contributed by atoms with E-state index in [0.29, 0.717) is 13.1 Å². The van der Waals surface area contributed by atoms with Crippen molar-refractivity contribution in [2.75, 3.05) is 24.6 Å². The molecule has 0 amide bonds. The smallest absolute Gasteiger partial charge is 0.153 e. The van der Waals surface area contributed by atoms with E-state index in [4.69, 9.17) is 5.11 Å². The van der Waals surface area contributed by atoms with Gasteiger partial charge in [0.25, 0.3) is 0 Å². The van der Waals surface area contributed by atoms with Gasteiger partial charge in [0.15, 0.2) is 9.84 Å². The van der Waals surface area contributed by atoms with E-state index in [9.17, 15) is 8.42 Å². The number of sulfone groups is 1. The largest absolute Gasteiger partial charge is 0.392 e. The lowest BCUT2D eigenvalue weighted by atomic mass is 10.2. The highest BCUT2D eigenvalue weighted by Gasteiger charge is 2.28. The van der Waals surface area contributed by atoms with Crippen LogP contribution in [0.25, 0.3) is 0 Å². The number of aliphatic hydroxyl groups is 1. The molecule has 1 rings (SSSR count). The van der Waals surface area contributed by atoms with Gasteiger partial charge in [0.05, 0.1) is 17.6 Å². The average Bonchev–Trinajstić information content (AvgIpc) is 1.93. The van der Waals surface area contributed by atoms with E-state index in [1.54, 1.807) is 6.92 Å². The highest BCUT2D eigenvalue weighted by atomic mass is 32.2. The fourth-order valence-electron chi connectivity index (χ4n) is 1.64. The number of rotatable bonds is 2. The molecular formula is C8H17NO3S. The third kappa shape index (κ3) is 3.25. The van der Waals surface area contributed by atoms with Crippen LogP contribution in [0.3, 0.4) is 0 Å². The summed E-state index contributed by atoms with van der Waals surface area (Å²) in [6.07, 6.45) is -0.386. The van der Waals surface area contributed by atoms with Crippen molar-refractivity contribution in [2.45, 2.75) is 26.0 Å². The molecule has 1 fully saturated rings. The van der Waals surface area contributed by atoms with Gasteiger partial charge in [-0.1, -0.05) is 0 Å². The molecule has 1 N–H and O–H groups in total. The Bertz CT molecular complexity index is 261. The lowest BCUT2D eigenvalue weighted by Gasteiger charge is -2.33. The van der Waals surface area contributed by atoms with E-state index in [1.165, 1.54) is 0 Å². The molecule has 0 spiro atoms. The molecule has 1 aliphatic rings. The van der Waals surface area contributed by atoms with Gasteiger partial charge in [-0.25, -0.2) is 8.42 Å². The van der Waals surface area contributed by atoms with Gasteiger partial charge < -0.3 is 5.11 Å². The van der Waals surface area contributed by atoms with Gasteiger partial charge >= 0.3 is 0 Å². The Morgan fingerprint density at radius 1 is 1.62 bits per heavy atom. The van der Waals surface area contributed by atoms with Crippen LogP contribution >= 0.6 is 0 Å². The van der Waals surface area contributed by atoms with Crippen LogP contribution in [0.1, 0.15) is 13.8 Å². The summed E-state index contributed by atoms with van der Waals surface area (Å²) in [5.41, 5.74) is 0. The van der Waals surface area contributed by atoms with Crippen LogP contribution in [0.2, 0.25) is 0 Å². The first-order chi connectivity index (χ1) is 5.91. The lowest BCUT2D eigenvalue weighted by Crippen LogP contribution is -2.49. The Hall–Kier alpha value is -0.130. The zero-order chi connectivity index (χ0) is 10.1. The maximum absolute atomic E-state index is 11.2. The number of hydrogen-bond donors (Lipinski definition) is 1. The van der Waals surface area contributed by atoms with Gasteiger partial charge in [0, 0.05) is 19.1 Å². The van der Waals surface area contributed by atoms with E-state index in [2.05, 4.69) is 0 Å². The number of aliphatic hydroxyl groups excluding tert-OH is 1. The van der Waals surface area contributed by atoms with Gasteiger partial charge in [-0.15, -0.1) is 0 Å². The summed E-state index contributed by atoms with van der Waals surface area (Å²) in [6, 6.07) is 0.0355. The molecule has 13 heavy (non-hydrogen) atoms. The van der Waals surface area contributed by atoms with Crippen molar-refractivity contribution in [3.63, 3.8) is 0 Å². The molecule has 1 heterocycles. The van der Waals surface area contributed by atoms with E-state index in [-0.39, 0.29) is 23.7 Å². The third-order valence-corrected chi connectivity index (χ3v) is 4.10. The standard InChI is InChI=1S/C8H17NO3S/c1-7-6-13(11,12)4-3-9(7)5-8(2)10/h7-8,10H,3-6H2,1-2H3/t7?,8-/m1/s1. The summed E-state index contributed by atoms with van der Waals surface area (Å²) < 4.78 is 22.4. The molecular weight excluding hydrogens is 190 g/mol. The van der Waals surface area contributed by atoms with Crippen LogP contribution in [0.15, 0.2) is 0 Å². The minimum atomic E-state index is -2.82. The predicted molar refractivity (Wildman–Crippen MR) is 51.4 cm³/mol. The van der Waals surface area contributed by atoms with E-state index in [1.807, 2.05) is 11.8 Å². The molecule has 2 atom stereocenters. The molecule has 1 unspecified atom stereocenters. The van der Waals surface area contributed by atoms with Gasteiger partial charge in [-0.2, -0.15) is 0 Å². The zero-order valence-electron chi connectivity index (χ0n) is 8.10. The molecule has 0 aromatic heterocycles. The van der Waals surface area contributed by atoms with Crippen LogP contribution in [0, 0.1) is 0 Å². The Morgan fingerprint density at radius 3 is 2.69 bits per heavy atom. The first-order valence-corrected chi connectivity index (χ1v) is 6.35. The van der Waals surface area contributed by atoms with Gasteiger partial charge in [0.1, 0.15) is 0 Å². The first-order valence-electron chi connectivity index (χ1n) is 4.53. The summed E-state index contributed by atoms with van der Waals surface area (Å²) in [4.78, 5) is 2.02. The highest BCUT2D eigenvalue weighted by Crippen LogP contribution is 2.11. The minimum absolute atomic E-state index is 0.0355. The molecule has 0 saturated carbocycles. The zero-order valence-corrected chi connectivity index (χ0v) is 8.92. The normalized spacial score (nSPS) is 31.5. The highest BCUT2D eigenvalue weighted by molar-refractivity contribution is 7.91. The molecule has 0 radical (unpaired) electrons. The van der Waals surface area contributed by atoms with Gasteiger partial charge in [-0.3, -0.25) is 4.90 Å². The van der Waals surface area contributed by atoms with Crippen molar-refractivity contribution in [3.05, 3.63) is 0 Å². The molecule has 0 aromatic rings. The maximum Gasteiger partial charge on any atom is 0.153 e. The second-order valence-corrected chi connectivity index (χ2v) is 6.04. The van der Waals surface area contributed by atoms with E-state index in [0.717, 1.165) is 0 Å². The second kappa shape index (κ2) is 3.94. The van der Waals surface area contributed by atoms with E-state index < -0.39 is 9.84 Å². The monoisotopic (exact) mass is 207 g/mol. The van der Waals surface area contributed by atoms with Crippen molar-refractivity contribution in [1.29, 1.82) is 0 Å². The first kappa shape index (κ1) is 10.9. The van der Waals surface area contributed by atoms with Crippen molar-refractivity contribution in [1.82, 2.24) is 4.90 Å².